The number of fused-ring (bicyclic) bond motifs is 1. The van der Waals surface area contributed by atoms with E-state index in [0.717, 1.165) is 42.9 Å². The highest BCUT2D eigenvalue weighted by molar-refractivity contribution is 5.93. The minimum atomic E-state index is -0.789. The molecule has 0 saturated carbocycles. The summed E-state index contributed by atoms with van der Waals surface area (Å²) in [4.78, 5) is 20.3. The molecule has 2 aliphatic rings. The predicted octanol–water partition coefficient (Wildman–Crippen LogP) is 1.33. The smallest absolute Gasteiger partial charge is 0.338 e. The number of rotatable bonds is 7. The number of pyridine rings is 1. The maximum Gasteiger partial charge on any atom is 0.338 e. The Morgan fingerprint density at radius 2 is 1.85 bits per heavy atom. The molecule has 0 bridgehead atoms. The highest BCUT2D eigenvalue weighted by Gasteiger charge is 2.27. The van der Waals surface area contributed by atoms with Crippen LogP contribution in [-0.2, 0) is 11.3 Å². The van der Waals surface area contributed by atoms with E-state index in [1.54, 1.807) is 12.1 Å². The van der Waals surface area contributed by atoms with Gasteiger partial charge in [0.1, 0.15) is 30.1 Å². The molecule has 1 saturated heterocycles. The molecule has 0 unspecified atom stereocenters. The highest BCUT2D eigenvalue weighted by Crippen LogP contribution is 2.29. The Hall–Kier alpha value is -3.03. The van der Waals surface area contributed by atoms with Crippen molar-refractivity contribution in [1.29, 1.82) is 5.26 Å². The number of aliphatic hydroxyl groups is 2. The minimum Gasteiger partial charge on any atom is -0.495 e. The summed E-state index contributed by atoms with van der Waals surface area (Å²) in [7, 11) is 1.48. The van der Waals surface area contributed by atoms with Crippen LogP contribution in [0.1, 0.15) is 50.5 Å². The molecule has 0 spiro atoms. The summed E-state index contributed by atoms with van der Waals surface area (Å²) in [5.74, 6) is 0.0974. The van der Waals surface area contributed by atoms with Gasteiger partial charge in [0, 0.05) is 57.1 Å². The van der Waals surface area contributed by atoms with Crippen molar-refractivity contribution < 1.29 is 24.5 Å². The fourth-order valence-corrected chi connectivity index (χ4v) is 4.45. The Morgan fingerprint density at radius 3 is 2.48 bits per heavy atom. The largest absolute Gasteiger partial charge is 0.495 e. The van der Waals surface area contributed by atoms with Gasteiger partial charge in [-0.05, 0) is 24.1 Å². The summed E-state index contributed by atoms with van der Waals surface area (Å²) in [5, 5.41) is 30.5. The normalized spacial score (nSPS) is 18.3. The molecule has 0 amide bonds. The Kier molecular flexibility index (Phi) is 6.91. The van der Waals surface area contributed by atoms with Crippen molar-refractivity contribution in [3.63, 3.8) is 0 Å². The molecule has 3 heterocycles. The molecular weight excluding hydrogens is 424 g/mol. The van der Waals surface area contributed by atoms with Crippen molar-refractivity contribution >= 4 is 5.97 Å². The van der Waals surface area contributed by atoms with Crippen molar-refractivity contribution in [2.75, 3.05) is 46.4 Å². The van der Waals surface area contributed by atoms with Crippen molar-refractivity contribution in [2.45, 2.75) is 25.7 Å². The number of esters is 1. The monoisotopic (exact) mass is 452 g/mol. The molecule has 2 atom stereocenters. The van der Waals surface area contributed by atoms with Gasteiger partial charge in [-0.25, -0.2) is 4.79 Å². The summed E-state index contributed by atoms with van der Waals surface area (Å²) in [5.41, 5.74) is 3.99. The zero-order valence-corrected chi connectivity index (χ0v) is 18.8. The van der Waals surface area contributed by atoms with Gasteiger partial charge in [0.15, 0.2) is 0 Å². The fourth-order valence-electron chi connectivity index (χ4n) is 4.45. The summed E-state index contributed by atoms with van der Waals surface area (Å²) in [6.07, 6.45) is -0.0269. The highest BCUT2D eigenvalue weighted by atomic mass is 16.5. The number of hydrogen-bond acceptors (Lipinski definition) is 9. The number of ether oxygens (including phenoxy) is 2. The molecule has 174 valence electrons. The van der Waals surface area contributed by atoms with E-state index < -0.39 is 12.2 Å². The van der Waals surface area contributed by atoms with Gasteiger partial charge in [0.25, 0.3) is 0 Å². The van der Waals surface area contributed by atoms with Gasteiger partial charge in [-0.1, -0.05) is 6.07 Å². The number of hydrogen-bond donors (Lipinski definition) is 2. The summed E-state index contributed by atoms with van der Waals surface area (Å²) in [6.45, 7) is 6.15. The Balaban J connectivity index is 1.31. The second kappa shape index (κ2) is 9.85. The van der Waals surface area contributed by atoms with E-state index in [9.17, 15) is 15.0 Å². The Bertz CT molecular complexity index is 1080. The minimum absolute atomic E-state index is 0.265. The van der Waals surface area contributed by atoms with Gasteiger partial charge in [0.05, 0.1) is 24.5 Å². The number of nitrogens with zero attached hydrogens (tertiary/aromatic N) is 4. The average molecular weight is 453 g/mol. The van der Waals surface area contributed by atoms with Gasteiger partial charge in [-0.15, -0.1) is 0 Å². The van der Waals surface area contributed by atoms with Crippen LogP contribution in [0.2, 0.25) is 0 Å². The van der Waals surface area contributed by atoms with Crippen LogP contribution in [0.5, 0.6) is 5.75 Å². The number of methoxy groups -OCH3 is 1. The van der Waals surface area contributed by atoms with Crippen molar-refractivity contribution in [2.24, 2.45) is 0 Å². The molecule has 9 nitrogen and oxygen atoms in total. The van der Waals surface area contributed by atoms with Crippen molar-refractivity contribution in [3.05, 3.63) is 57.9 Å². The number of β-amino-alcohol motifs (C(OH)–C–C–N with tert-alkyl or cyclic N) is 2. The molecule has 4 rings (SSSR count). The number of benzene rings is 1. The topological polar surface area (TPSA) is 119 Å². The van der Waals surface area contributed by atoms with Crippen LogP contribution in [0.4, 0.5) is 0 Å². The van der Waals surface area contributed by atoms with Crippen molar-refractivity contribution in [3.8, 4) is 11.8 Å². The van der Waals surface area contributed by atoms with Crippen LogP contribution in [0.15, 0.2) is 24.4 Å². The van der Waals surface area contributed by atoms with Crippen LogP contribution in [0.3, 0.4) is 0 Å². The van der Waals surface area contributed by atoms with E-state index in [2.05, 4.69) is 14.8 Å². The number of aliphatic hydroxyl groups excluding tert-OH is 2. The third-order valence-electron chi connectivity index (χ3n) is 6.46. The van der Waals surface area contributed by atoms with E-state index >= 15 is 0 Å². The number of aromatic nitrogens is 1. The van der Waals surface area contributed by atoms with Crippen LogP contribution >= 0.6 is 0 Å². The van der Waals surface area contributed by atoms with Crippen LogP contribution in [0, 0.1) is 18.3 Å². The van der Waals surface area contributed by atoms with Gasteiger partial charge in [-0.3, -0.25) is 14.8 Å². The van der Waals surface area contributed by atoms with E-state index in [1.165, 1.54) is 13.3 Å². The van der Waals surface area contributed by atoms with E-state index in [0.29, 0.717) is 35.7 Å². The number of piperazine rings is 1. The van der Waals surface area contributed by atoms with Crippen molar-refractivity contribution in [1.82, 2.24) is 14.8 Å². The molecule has 1 aromatic carbocycles. The maximum absolute atomic E-state index is 11.7. The molecule has 0 aliphatic carbocycles. The van der Waals surface area contributed by atoms with Gasteiger partial charge in [-0.2, -0.15) is 5.26 Å². The predicted molar refractivity (Wildman–Crippen MR) is 119 cm³/mol. The molecule has 1 fully saturated rings. The number of cyclic esters (lactones) is 1. The molecule has 0 radical (unpaired) electrons. The third-order valence-corrected chi connectivity index (χ3v) is 6.46. The lowest BCUT2D eigenvalue weighted by Crippen LogP contribution is -2.48. The van der Waals surface area contributed by atoms with Crippen LogP contribution in [-0.4, -0.2) is 77.3 Å². The Labute approximate surface area is 192 Å². The number of carbonyl (C=O) groups is 1. The first-order chi connectivity index (χ1) is 15.9. The van der Waals surface area contributed by atoms with Gasteiger partial charge < -0.3 is 19.7 Å². The van der Waals surface area contributed by atoms with Gasteiger partial charge >= 0.3 is 5.97 Å². The third kappa shape index (κ3) is 4.84. The zero-order chi connectivity index (χ0) is 23.5. The molecule has 2 aliphatic heterocycles. The first kappa shape index (κ1) is 23.1. The number of carbonyl (C=O) groups excluding carboxylic acids is 1. The average Bonchev–Trinajstić information content (AvgIpc) is 3.21. The number of nitriles is 1. The summed E-state index contributed by atoms with van der Waals surface area (Å²) >= 11 is 0. The molecule has 2 N–H and O–H groups in total. The molecule has 2 aromatic rings. The lowest BCUT2D eigenvalue weighted by Gasteiger charge is -2.36. The molecule has 9 heteroatoms. The quantitative estimate of drug-likeness (QED) is 0.600. The lowest BCUT2D eigenvalue weighted by atomic mass is 9.95. The molecular formula is C24H28N4O5. The van der Waals surface area contributed by atoms with E-state index in [4.69, 9.17) is 14.7 Å². The SMILES string of the molecule is COc1cc([C@H](O)CN2CCN(C[C@@H](O)c3ccc4c(c3C)COC4=O)CC2)ncc1C#N. The second-order valence-electron chi connectivity index (χ2n) is 8.44. The maximum atomic E-state index is 11.7. The zero-order valence-electron chi connectivity index (χ0n) is 18.8. The first-order valence-corrected chi connectivity index (χ1v) is 11.0. The van der Waals surface area contributed by atoms with E-state index in [-0.39, 0.29) is 12.6 Å². The van der Waals surface area contributed by atoms with Gasteiger partial charge in [0.2, 0.25) is 0 Å². The Morgan fingerprint density at radius 1 is 1.18 bits per heavy atom. The molecule has 33 heavy (non-hydrogen) atoms. The standard InChI is InChI=1S/C24H28N4O5/c1-15-17(3-4-18-19(15)14-33-24(18)31)21(29)12-27-5-7-28(8-6-27)13-22(30)20-9-23(32-2)16(10-25)11-26-20/h3-4,9,11,21-22,29-30H,5-8,12-14H2,1-2H3/t21-,22-/m1/s1. The summed E-state index contributed by atoms with van der Waals surface area (Å²) in [6, 6.07) is 7.18. The second-order valence-corrected chi connectivity index (χ2v) is 8.44. The molecule has 1 aromatic heterocycles. The van der Waals surface area contributed by atoms with Crippen LogP contribution in [0.25, 0.3) is 0 Å². The van der Waals surface area contributed by atoms with E-state index in [1.807, 2.05) is 19.1 Å². The lowest BCUT2D eigenvalue weighted by molar-refractivity contribution is 0.0470. The fraction of sp³-hybridized carbons (Fsp3) is 0.458. The summed E-state index contributed by atoms with van der Waals surface area (Å²) < 4.78 is 10.3. The van der Waals surface area contributed by atoms with Crippen LogP contribution < -0.4 is 4.74 Å². The first-order valence-electron chi connectivity index (χ1n) is 11.0.